The van der Waals surface area contributed by atoms with Crippen molar-refractivity contribution in [1.82, 2.24) is 9.62 Å². The number of hydrogen-bond acceptors (Lipinski definition) is 6. The highest BCUT2D eigenvalue weighted by Crippen LogP contribution is 2.21. The van der Waals surface area contributed by atoms with Crippen molar-refractivity contribution in [3.05, 3.63) is 29.3 Å². The van der Waals surface area contributed by atoms with Crippen molar-refractivity contribution in [1.29, 1.82) is 0 Å². The van der Waals surface area contributed by atoms with Crippen molar-refractivity contribution in [3.8, 4) is 0 Å². The molecule has 1 fully saturated rings. The van der Waals surface area contributed by atoms with Gasteiger partial charge in [-0.05, 0) is 31.0 Å². The number of hydrogen-bond donors (Lipinski definition) is 1. The number of ether oxygens (including phenoxy) is 2. The maximum Gasteiger partial charge on any atom is 0.338 e. The Morgan fingerprint density at radius 3 is 2.59 bits per heavy atom. The Bertz CT molecular complexity index is 803. The third kappa shape index (κ3) is 6.80. The van der Waals surface area contributed by atoms with Crippen LogP contribution in [0.1, 0.15) is 48.5 Å². The fourth-order valence-electron chi connectivity index (χ4n) is 2.96. The van der Waals surface area contributed by atoms with Gasteiger partial charge in [-0.15, -0.1) is 0 Å². The number of esters is 1. The fourth-order valence-corrected chi connectivity index (χ4v) is 4.39. The first-order valence-corrected chi connectivity index (χ1v) is 11.4. The summed E-state index contributed by atoms with van der Waals surface area (Å²) in [6.07, 6.45) is 4.16. The van der Waals surface area contributed by atoms with Gasteiger partial charge in [0.1, 0.15) is 0 Å². The Kier molecular flexibility index (Phi) is 9.06. The number of amides is 1. The van der Waals surface area contributed by atoms with Crippen molar-refractivity contribution in [2.75, 3.05) is 39.5 Å². The predicted molar refractivity (Wildman–Crippen MR) is 108 cm³/mol. The van der Waals surface area contributed by atoms with Crippen molar-refractivity contribution < 1.29 is 27.5 Å². The van der Waals surface area contributed by atoms with Crippen LogP contribution in [0.4, 0.5) is 0 Å². The Morgan fingerprint density at radius 2 is 1.90 bits per heavy atom. The number of carbonyl (C=O) groups is 2. The quantitative estimate of drug-likeness (QED) is 0.453. The fraction of sp³-hybridized carbons (Fsp3) is 0.600. The Labute approximate surface area is 172 Å². The van der Waals surface area contributed by atoms with E-state index >= 15 is 0 Å². The molecule has 0 spiro atoms. The molecule has 1 aliphatic rings. The van der Waals surface area contributed by atoms with Crippen LogP contribution >= 0.6 is 0 Å². The van der Waals surface area contributed by atoms with Crippen molar-refractivity contribution in [2.45, 2.75) is 44.4 Å². The van der Waals surface area contributed by atoms with Crippen LogP contribution in [-0.2, 0) is 24.3 Å². The van der Waals surface area contributed by atoms with Crippen LogP contribution in [0.5, 0.6) is 0 Å². The molecule has 0 aromatic heterocycles. The number of rotatable bonds is 10. The number of carbonyl (C=O) groups excluding carboxylic acids is 2. The number of morpholine rings is 1. The van der Waals surface area contributed by atoms with E-state index in [0.717, 1.165) is 25.7 Å². The number of benzene rings is 1. The van der Waals surface area contributed by atoms with Gasteiger partial charge >= 0.3 is 5.97 Å². The van der Waals surface area contributed by atoms with Gasteiger partial charge in [-0.25, -0.2) is 13.2 Å². The Morgan fingerprint density at radius 1 is 1.17 bits per heavy atom. The van der Waals surface area contributed by atoms with Crippen LogP contribution in [0.3, 0.4) is 0 Å². The second-order valence-electron chi connectivity index (χ2n) is 6.98. The average molecular weight is 427 g/mol. The van der Waals surface area contributed by atoms with Gasteiger partial charge in [0.05, 0.1) is 23.7 Å². The van der Waals surface area contributed by atoms with E-state index in [1.165, 1.54) is 16.4 Å². The summed E-state index contributed by atoms with van der Waals surface area (Å²) in [5.41, 5.74) is 0.714. The van der Waals surface area contributed by atoms with Crippen molar-refractivity contribution in [3.63, 3.8) is 0 Å². The van der Waals surface area contributed by atoms with Crippen LogP contribution in [0.25, 0.3) is 0 Å². The molecule has 0 saturated carbocycles. The molecule has 8 nitrogen and oxygen atoms in total. The van der Waals surface area contributed by atoms with E-state index in [2.05, 4.69) is 12.2 Å². The highest BCUT2D eigenvalue weighted by Gasteiger charge is 2.27. The zero-order valence-corrected chi connectivity index (χ0v) is 17.9. The minimum absolute atomic E-state index is 0.0253. The normalized spacial score (nSPS) is 15.1. The molecule has 1 N–H and O–H groups in total. The molecule has 1 aromatic rings. The first-order chi connectivity index (χ1) is 13.9. The molecule has 0 atom stereocenters. The lowest BCUT2D eigenvalue weighted by molar-refractivity contribution is -0.124. The van der Waals surface area contributed by atoms with Gasteiger partial charge in [-0.3, -0.25) is 4.79 Å². The SMILES string of the molecule is CCCCCCNC(=O)COC(=O)c1cc(S(=O)(=O)N2CCOCC2)ccc1C. The summed E-state index contributed by atoms with van der Waals surface area (Å²) in [5, 5.41) is 2.71. The van der Waals surface area contributed by atoms with Crippen LogP contribution in [0, 0.1) is 6.92 Å². The molecule has 162 valence electrons. The maximum atomic E-state index is 12.8. The van der Waals surface area contributed by atoms with E-state index in [9.17, 15) is 18.0 Å². The summed E-state index contributed by atoms with van der Waals surface area (Å²) >= 11 is 0. The molecule has 2 rings (SSSR count). The average Bonchev–Trinajstić information content (AvgIpc) is 2.72. The van der Waals surface area contributed by atoms with E-state index in [4.69, 9.17) is 9.47 Å². The largest absolute Gasteiger partial charge is 0.452 e. The summed E-state index contributed by atoms with van der Waals surface area (Å²) in [6, 6.07) is 4.35. The molecule has 1 heterocycles. The summed E-state index contributed by atoms with van der Waals surface area (Å²) in [7, 11) is -3.72. The molecule has 29 heavy (non-hydrogen) atoms. The van der Waals surface area contributed by atoms with Gasteiger partial charge in [0, 0.05) is 19.6 Å². The van der Waals surface area contributed by atoms with E-state index < -0.39 is 22.6 Å². The first-order valence-electron chi connectivity index (χ1n) is 9.98. The molecule has 0 aliphatic carbocycles. The number of sulfonamides is 1. The Balaban J connectivity index is 1.96. The molecular formula is C20H30N2O6S. The minimum atomic E-state index is -3.72. The van der Waals surface area contributed by atoms with Crippen LogP contribution in [-0.4, -0.2) is 64.1 Å². The highest BCUT2D eigenvalue weighted by atomic mass is 32.2. The number of aryl methyl sites for hydroxylation is 1. The predicted octanol–water partition coefficient (Wildman–Crippen LogP) is 1.87. The summed E-state index contributed by atoms with van der Waals surface area (Å²) < 4.78 is 37.2. The molecular weight excluding hydrogens is 396 g/mol. The van der Waals surface area contributed by atoms with Gasteiger partial charge in [0.25, 0.3) is 5.91 Å². The minimum Gasteiger partial charge on any atom is -0.452 e. The third-order valence-electron chi connectivity index (χ3n) is 4.72. The van der Waals surface area contributed by atoms with Crippen molar-refractivity contribution >= 4 is 21.9 Å². The second-order valence-corrected chi connectivity index (χ2v) is 8.92. The molecule has 1 amide bonds. The van der Waals surface area contributed by atoms with Crippen LogP contribution in [0.2, 0.25) is 0 Å². The van der Waals surface area contributed by atoms with Gasteiger partial charge in [-0.1, -0.05) is 32.3 Å². The van der Waals surface area contributed by atoms with E-state index in [-0.39, 0.29) is 29.5 Å². The number of nitrogens with zero attached hydrogens (tertiary/aromatic N) is 1. The monoisotopic (exact) mass is 426 g/mol. The molecule has 0 radical (unpaired) electrons. The molecule has 1 aromatic carbocycles. The van der Waals surface area contributed by atoms with E-state index in [0.29, 0.717) is 25.3 Å². The second kappa shape index (κ2) is 11.3. The lowest BCUT2D eigenvalue weighted by Crippen LogP contribution is -2.40. The van der Waals surface area contributed by atoms with Gasteiger partial charge in [-0.2, -0.15) is 4.31 Å². The lowest BCUT2D eigenvalue weighted by atomic mass is 10.1. The molecule has 0 bridgehead atoms. The Hall–Kier alpha value is -1.97. The van der Waals surface area contributed by atoms with Crippen LogP contribution < -0.4 is 5.32 Å². The summed E-state index contributed by atoms with van der Waals surface area (Å²) in [6.45, 7) is 5.18. The van der Waals surface area contributed by atoms with Gasteiger partial charge in [0.2, 0.25) is 10.0 Å². The van der Waals surface area contributed by atoms with Gasteiger partial charge < -0.3 is 14.8 Å². The lowest BCUT2D eigenvalue weighted by Gasteiger charge is -2.26. The molecule has 9 heteroatoms. The standard InChI is InChI=1S/C20H30N2O6S/c1-3-4-5-6-9-21-19(23)15-28-20(24)18-14-17(8-7-16(18)2)29(25,26)22-10-12-27-13-11-22/h7-8,14H,3-6,9-13,15H2,1-2H3,(H,21,23). The molecule has 1 saturated heterocycles. The molecule has 1 aliphatic heterocycles. The summed E-state index contributed by atoms with van der Waals surface area (Å²) in [5.74, 6) is -1.09. The zero-order chi connectivity index (χ0) is 21.3. The maximum absolute atomic E-state index is 12.8. The van der Waals surface area contributed by atoms with E-state index in [1.807, 2.05) is 0 Å². The molecule has 0 unspecified atom stereocenters. The first kappa shape index (κ1) is 23.3. The topological polar surface area (TPSA) is 102 Å². The van der Waals surface area contributed by atoms with Gasteiger partial charge in [0.15, 0.2) is 6.61 Å². The van der Waals surface area contributed by atoms with Crippen molar-refractivity contribution in [2.24, 2.45) is 0 Å². The van der Waals surface area contributed by atoms with E-state index in [1.54, 1.807) is 13.0 Å². The highest BCUT2D eigenvalue weighted by molar-refractivity contribution is 7.89. The summed E-state index contributed by atoms with van der Waals surface area (Å²) in [4.78, 5) is 24.3. The zero-order valence-electron chi connectivity index (χ0n) is 17.1. The van der Waals surface area contributed by atoms with Crippen LogP contribution in [0.15, 0.2) is 23.1 Å². The smallest absolute Gasteiger partial charge is 0.338 e. The number of nitrogens with one attached hydrogen (secondary N) is 1. The number of unbranched alkanes of at least 4 members (excludes halogenated alkanes) is 3. The third-order valence-corrected chi connectivity index (χ3v) is 6.62.